The Hall–Kier alpha value is -3.97. The minimum absolute atomic E-state index is 0.0299. The minimum atomic E-state index is -0.528. The van der Waals surface area contributed by atoms with Gasteiger partial charge in [-0.05, 0) is 31.0 Å². The molecule has 0 aliphatic carbocycles. The van der Waals surface area contributed by atoms with Gasteiger partial charge in [0, 0.05) is 61.4 Å². The van der Waals surface area contributed by atoms with E-state index in [-0.39, 0.29) is 17.8 Å². The number of carbonyl (C=O) groups is 1. The van der Waals surface area contributed by atoms with E-state index in [0.717, 1.165) is 56.1 Å². The van der Waals surface area contributed by atoms with Crippen LogP contribution >= 0.6 is 0 Å². The minimum Gasteiger partial charge on any atom is -0.361 e. The van der Waals surface area contributed by atoms with E-state index in [1.165, 1.54) is 6.07 Å². The molecule has 37 heavy (non-hydrogen) atoms. The van der Waals surface area contributed by atoms with Crippen molar-refractivity contribution in [3.63, 3.8) is 0 Å². The number of anilines is 1. The molecule has 0 bridgehead atoms. The smallest absolute Gasteiger partial charge is 0.258 e. The molecule has 2 aliphatic heterocycles. The number of carbonyl (C=O) groups excluding carboxylic acids is 1. The Labute approximate surface area is 216 Å². The van der Waals surface area contributed by atoms with Crippen LogP contribution in [0.25, 0.3) is 11.4 Å². The van der Waals surface area contributed by atoms with Gasteiger partial charge in [0.2, 0.25) is 0 Å². The second kappa shape index (κ2) is 10.2. The van der Waals surface area contributed by atoms with Crippen LogP contribution in [0.1, 0.15) is 34.9 Å². The van der Waals surface area contributed by atoms with Gasteiger partial charge in [-0.1, -0.05) is 60.7 Å². The molecule has 0 radical (unpaired) electrons. The quantitative estimate of drug-likeness (QED) is 0.388. The zero-order valence-corrected chi connectivity index (χ0v) is 20.6. The summed E-state index contributed by atoms with van der Waals surface area (Å²) in [5, 5.41) is 3.45. The van der Waals surface area contributed by atoms with Gasteiger partial charge in [0.1, 0.15) is 17.8 Å². The molecule has 0 spiro atoms. The Kier molecular flexibility index (Phi) is 6.45. The average molecular weight is 496 g/mol. The molecule has 1 unspecified atom stereocenters. The van der Waals surface area contributed by atoms with Crippen LogP contribution in [0.4, 0.5) is 10.1 Å². The zero-order chi connectivity index (χ0) is 25.2. The number of amides is 1. The van der Waals surface area contributed by atoms with Gasteiger partial charge in [0.15, 0.2) is 0 Å². The van der Waals surface area contributed by atoms with E-state index in [0.29, 0.717) is 11.1 Å². The number of hydrogen-bond acceptors (Lipinski definition) is 4. The standard InChI is InChI=1S/C30H30FN5O/c31-26-12-6-4-10-24(26)29-33-27-13-7-5-11-25(27)30(37)36(29)23-14-17-34(18-15-23)20-21-35-19-16-32-28(35)22-8-2-1-3-9-22/h1-13,16,19,23,29,33H,14-15,17-18,20-21H2. The van der Waals surface area contributed by atoms with Crippen molar-refractivity contribution >= 4 is 11.6 Å². The molecule has 1 aromatic heterocycles. The van der Waals surface area contributed by atoms with Gasteiger partial charge in [-0.25, -0.2) is 9.37 Å². The maximum absolute atomic E-state index is 14.9. The molecule has 1 saturated heterocycles. The number of aromatic nitrogens is 2. The summed E-state index contributed by atoms with van der Waals surface area (Å²) in [6, 6.07) is 24.5. The molecular weight excluding hydrogens is 465 g/mol. The Morgan fingerprint density at radius 1 is 0.892 bits per heavy atom. The first-order valence-electron chi connectivity index (χ1n) is 12.9. The molecule has 1 atom stereocenters. The lowest BCUT2D eigenvalue weighted by molar-refractivity contribution is 0.0445. The van der Waals surface area contributed by atoms with Crippen LogP contribution in [0.15, 0.2) is 91.3 Å². The van der Waals surface area contributed by atoms with Crippen LogP contribution in [-0.2, 0) is 6.54 Å². The summed E-state index contributed by atoms with van der Waals surface area (Å²) >= 11 is 0. The van der Waals surface area contributed by atoms with E-state index >= 15 is 0 Å². The number of likely N-dealkylation sites (tertiary alicyclic amines) is 1. The first kappa shape index (κ1) is 23.4. The Morgan fingerprint density at radius 3 is 2.43 bits per heavy atom. The van der Waals surface area contributed by atoms with E-state index < -0.39 is 6.17 Å². The lowest BCUT2D eigenvalue weighted by Crippen LogP contribution is -2.53. The summed E-state index contributed by atoms with van der Waals surface area (Å²) in [6.07, 6.45) is 5.04. The number of fused-ring (bicyclic) bond motifs is 1. The summed E-state index contributed by atoms with van der Waals surface area (Å²) in [5.74, 6) is 0.642. The van der Waals surface area contributed by atoms with Crippen LogP contribution in [0, 0.1) is 5.82 Å². The summed E-state index contributed by atoms with van der Waals surface area (Å²) < 4.78 is 17.1. The van der Waals surface area contributed by atoms with E-state index in [4.69, 9.17) is 0 Å². The van der Waals surface area contributed by atoms with Crippen molar-refractivity contribution in [3.05, 3.63) is 108 Å². The number of imidazole rings is 1. The van der Waals surface area contributed by atoms with Crippen molar-refractivity contribution in [1.82, 2.24) is 19.4 Å². The normalized spacial score (nSPS) is 18.5. The molecule has 3 aromatic carbocycles. The van der Waals surface area contributed by atoms with Crippen molar-refractivity contribution < 1.29 is 9.18 Å². The zero-order valence-electron chi connectivity index (χ0n) is 20.6. The highest BCUT2D eigenvalue weighted by Gasteiger charge is 2.39. The van der Waals surface area contributed by atoms with E-state index in [9.17, 15) is 9.18 Å². The molecule has 6 rings (SSSR count). The van der Waals surface area contributed by atoms with Gasteiger partial charge in [-0.15, -0.1) is 0 Å². The van der Waals surface area contributed by atoms with Gasteiger partial charge in [-0.2, -0.15) is 0 Å². The highest BCUT2D eigenvalue weighted by molar-refractivity contribution is 6.02. The number of nitrogens with one attached hydrogen (secondary N) is 1. The summed E-state index contributed by atoms with van der Waals surface area (Å²) in [4.78, 5) is 22.6. The number of nitrogens with zero attached hydrogens (tertiary/aromatic N) is 4. The van der Waals surface area contributed by atoms with Crippen molar-refractivity contribution in [2.45, 2.75) is 31.6 Å². The fraction of sp³-hybridized carbons (Fsp3) is 0.267. The van der Waals surface area contributed by atoms with Gasteiger partial charge in [-0.3, -0.25) is 4.79 Å². The van der Waals surface area contributed by atoms with Gasteiger partial charge < -0.3 is 19.7 Å². The molecule has 188 valence electrons. The monoisotopic (exact) mass is 495 g/mol. The topological polar surface area (TPSA) is 53.4 Å². The number of halogens is 1. The Balaban J connectivity index is 1.16. The first-order chi connectivity index (χ1) is 18.2. The predicted molar refractivity (Wildman–Crippen MR) is 143 cm³/mol. The molecule has 1 fully saturated rings. The summed E-state index contributed by atoms with van der Waals surface area (Å²) in [6.45, 7) is 3.53. The number of rotatable bonds is 6. The van der Waals surface area contributed by atoms with Gasteiger partial charge in [0.25, 0.3) is 5.91 Å². The van der Waals surface area contributed by atoms with Crippen molar-refractivity contribution in [3.8, 4) is 11.4 Å². The predicted octanol–water partition coefficient (Wildman–Crippen LogP) is 5.42. The molecule has 0 saturated carbocycles. The second-order valence-corrected chi connectivity index (χ2v) is 9.71. The highest BCUT2D eigenvalue weighted by atomic mass is 19.1. The summed E-state index contributed by atoms with van der Waals surface area (Å²) in [7, 11) is 0. The van der Waals surface area contributed by atoms with Crippen LogP contribution < -0.4 is 5.32 Å². The molecule has 1 N–H and O–H groups in total. The van der Waals surface area contributed by atoms with E-state index in [1.807, 2.05) is 65.8 Å². The number of piperidine rings is 1. The molecular formula is C30H30FN5O. The third-order valence-corrected chi connectivity index (χ3v) is 7.52. The average Bonchev–Trinajstić information content (AvgIpc) is 3.42. The van der Waals surface area contributed by atoms with Gasteiger partial charge in [0.05, 0.1) is 5.56 Å². The van der Waals surface area contributed by atoms with E-state index in [1.54, 1.807) is 12.1 Å². The van der Waals surface area contributed by atoms with Crippen LogP contribution in [0.2, 0.25) is 0 Å². The van der Waals surface area contributed by atoms with Crippen molar-refractivity contribution in [2.75, 3.05) is 25.0 Å². The van der Waals surface area contributed by atoms with Crippen molar-refractivity contribution in [1.29, 1.82) is 0 Å². The van der Waals surface area contributed by atoms with Crippen LogP contribution in [-0.4, -0.2) is 50.9 Å². The number of para-hydroxylation sites is 1. The molecule has 1 amide bonds. The van der Waals surface area contributed by atoms with Crippen LogP contribution in [0.3, 0.4) is 0 Å². The first-order valence-corrected chi connectivity index (χ1v) is 12.9. The molecule has 3 heterocycles. The third-order valence-electron chi connectivity index (χ3n) is 7.52. The maximum Gasteiger partial charge on any atom is 0.258 e. The number of hydrogen-bond donors (Lipinski definition) is 1. The molecule has 2 aliphatic rings. The molecule has 6 nitrogen and oxygen atoms in total. The van der Waals surface area contributed by atoms with Crippen LogP contribution in [0.5, 0.6) is 0 Å². The Morgan fingerprint density at radius 2 is 1.62 bits per heavy atom. The Bertz CT molecular complexity index is 1380. The van der Waals surface area contributed by atoms with Crippen molar-refractivity contribution in [2.24, 2.45) is 0 Å². The largest absolute Gasteiger partial charge is 0.361 e. The molecule has 4 aromatic rings. The lowest BCUT2D eigenvalue weighted by Gasteiger charge is -2.45. The summed E-state index contributed by atoms with van der Waals surface area (Å²) in [5.41, 5.74) is 3.01. The van der Waals surface area contributed by atoms with E-state index in [2.05, 4.69) is 31.9 Å². The third kappa shape index (κ3) is 4.62. The SMILES string of the molecule is O=C1c2ccccc2NC(c2ccccc2F)N1C1CCN(CCn2ccnc2-c2ccccc2)CC1. The maximum atomic E-state index is 14.9. The fourth-order valence-electron chi connectivity index (χ4n) is 5.58. The lowest BCUT2D eigenvalue weighted by atomic mass is 9.96. The number of benzene rings is 3. The van der Waals surface area contributed by atoms with Gasteiger partial charge >= 0.3 is 0 Å². The highest BCUT2D eigenvalue weighted by Crippen LogP contribution is 2.37. The fourth-order valence-corrected chi connectivity index (χ4v) is 5.58. The second-order valence-electron chi connectivity index (χ2n) is 9.71. The molecule has 7 heteroatoms.